The zero-order valence-corrected chi connectivity index (χ0v) is 15.1. The summed E-state index contributed by atoms with van der Waals surface area (Å²) in [6.07, 6.45) is 0.461. The molecule has 2 rings (SSSR count). The van der Waals surface area contributed by atoms with Gasteiger partial charge in [-0.1, -0.05) is 20.8 Å². The Morgan fingerprint density at radius 1 is 1.45 bits per heavy atom. The van der Waals surface area contributed by atoms with Gasteiger partial charge >= 0.3 is 0 Å². The van der Waals surface area contributed by atoms with E-state index in [1.54, 1.807) is 16.7 Å². The lowest BCUT2D eigenvalue weighted by Gasteiger charge is -2.26. The maximum Gasteiger partial charge on any atom is 0.244 e. The van der Waals surface area contributed by atoms with E-state index in [1.165, 1.54) is 11.3 Å². The highest BCUT2D eigenvalue weighted by Gasteiger charge is 2.35. The minimum Gasteiger partial charge on any atom is -0.348 e. The van der Waals surface area contributed by atoms with Crippen LogP contribution in [0.3, 0.4) is 0 Å². The summed E-state index contributed by atoms with van der Waals surface area (Å²) < 4.78 is 0. The molecular weight excluding hydrogens is 318 g/mol. The Morgan fingerprint density at radius 3 is 2.77 bits per heavy atom. The van der Waals surface area contributed by atoms with Crippen LogP contribution in [0.15, 0.2) is 5.38 Å². The SMILES string of the molecule is Cc1csc(CNC(=O)[C@H]2CSCN2C(=O)CC(C)(C)C)n1. The molecule has 22 heavy (non-hydrogen) atoms. The summed E-state index contributed by atoms with van der Waals surface area (Å²) in [4.78, 5) is 30.8. The Bertz CT molecular complexity index is 551. The molecular formula is C15H23N3O2S2. The third-order valence-electron chi connectivity index (χ3n) is 3.27. The summed E-state index contributed by atoms with van der Waals surface area (Å²) in [6.45, 7) is 8.47. The van der Waals surface area contributed by atoms with E-state index in [4.69, 9.17) is 0 Å². The van der Waals surface area contributed by atoms with Crippen LogP contribution in [0, 0.1) is 12.3 Å². The summed E-state index contributed by atoms with van der Waals surface area (Å²) in [5.41, 5.74) is 0.900. The van der Waals surface area contributed by atoms with E-state index in [9.17, 15) is 9.59 Å². The molecule has 1 N–H and O–H groups in total. The molecule has 1 atom stereocenters. The smallest absolute Gasteiger partial charge is 0.244 e. The predicted molar refractivity (Wildman–Crippen MR) is 90.7 cm³/mol. The van der Waals surface area contributed by atoms with Crippen LogP contribution in [0.4, 0.5) is 0 Å². The van der Waals surface area contributed by atoms with Crippen molar-refractivity contribution in [3.63, 3.8) is 0 Å². The number of thiazole rings is 1. The Morgan fingerprint density at radius 2 is 2.18 bits per heavy atom. The summed E-state index contributed by atoms with van der Waals surface area (Å²) in [5.74, 6) is 1.24. The highest BCUT2D eigenvalue weighted by Crippen LogP contribution is 2.26. The molecule has 0 unspecified atom stereocenters. The van der Waals surface area contributed by atoms with E-state index < -0.39 is 0 Å². The standard InChI is InChI=1S/C15H23N3O2S2/c1-10-7-22-12(17-10)6-16-14(20)11-8-21-9-18(11)13(19)5-15(2,3)4/h7,11H,5-6,8-9H2,1-4H3,(H,16,20)/t11-/m1/s1. The molecule has 1 aromatic heterocycles. The van der Waals surface area contributed by atoms with Crippen LogP contribution in [0.25, 0.3) is 0 Å². The highest BCUT2D eigenvalue weighted by molar-refractivity contribution is 7.99. The van der Waals surface area contributed by atoms with Crippen LogP contribution >= 0.6 is 23.1 Å². The number of thioether (sulfide) groups is 1. The molecule has 1 fully saturated rings. The molecule has 2 heterocycles. The number of hydrogen-bond donors (Lipinski definition) is 1. The molecule has 1 aliphatic rings. The molecule has 7 heteroatoms. The molecule has 1 aliphatic heterocycles. The second-order valence-corrected chi connectivity index (χ2v) is 8.66. The number of aromatic nitrogens is 1. The second kappa shape index (κ2) is 7.00. The van der Waals surface area contributed by atoms with E-state index in [-0.39, 0.29) is 23.3 Å². The molecule has 0 aromatic carbocycles. The first-order valence-corrected chi connectivity index (χ1v) is 9.35. The van der Waals surface area contributed by atoms with Gasteiger partial charge in [0.15, 0.2) is 0 Å². The van der Waals surface area contributed by atoms with Crippen molar-refractivity contribution in [3.05, 3.63) is 16.1 Å². The van der Waals surface area contributed by atoms with Gasteiger partial charge in [0.05, 0.1) is 12.4 Å². The van der Waals surface area contributed by atoms with E-state index in [0.29, 0.717) is 24.6 Å². The Balaban J connectivity index is 1.91. The van der Waals surface area contributed by atoms with Crippen molar-refractivity contribution in [2.45, 2.75) is 46.7 Å². The Kier molecular flexibility index (Phi) is 5.50. The van der Waals surface area contributed by atoms with Gasteiger partial charge in [0, 0.05) is 23.2 Å². The van der Waals surface area contributed by atoms with E-state index in [0.717, 1.165) is 10.7 Å². The van der Waals surface area contributed by atoms with Crippen LogP contribution in [-0.2, 0) is 16.1 Å². The number of aryl methyl sites for hydroxylation is 1. The number of rotatable bonds is 4. The van der Waals surface area contributed by atoms with Crippen molar-refractivity contribution >= 4 is 34.9 Å². The lowest BCUT2D eigenvalue weighted by molar-refractivity contribution is -0.139. The van der Waals surface area contributed by atoms with Crippen LogP contribution in [0.5, 0.6) is 0 Å². The van der Waals surface area contributed by atoms with Gasteiger partial charge in [-0.3, -0.25) is 9.59 Å². The maximum absolute atomic E-state index is 12.4. The molecule has 0 saturated carbocycles. The van der Waals surface area contributed by atoms with Crippen LogP contribution in [0.1, 0.15) is 37.9 Å². The van der Waals surface area contributed by atoms with Gasteiger partial charge in [-0.25, -0.2) is 4.98 Å². The van der Waals surface area contributed by atoms with Crippen molar-refractivity contribution in [2.24, 2.45) is 5.41 Å². The van der Waals surface area contributed by atoms with Gasteiger partial charge in [0.2, 0.25) is 11.8 Å². The molecule has 122 valence electrons. The number of nitrogens with zero attached hydrogens (tertiary/aromatic N) is 2. The van der Waals surface area contributed by atoms with Crippen molar-refractivity contribution in [3.8, 4) is 0 Å². The minimum atomic E-state index is -0.360. The third-order valence-corrected chi connectivity index (χ3v) is 5.25. The fourth-order valence-corrected chi connectivity index (χ4v) is 4.12. The molecule has 0 radical (unpaired) electrons. The normalized spacial score (nSPS) is 18.5. The van der Waals surface area contributed by atoms with E-state index in [2.05, 4.69) is 10.3 Å². The summed E-state index contributed by atoms with van der Waals surface area (Å²) in [7, 11) is 0. The number of hydrogen-bond acceptors (Lipinski definition) is 5. The first-order valence-electron chi connectivity index (χ1n) is 7.32. The lowest BCUT2D eigenvalue weighted by Crippen LogP contribution is -2.47. The Hall–Kier alpha value is -1.08. The number of carbonyl (C=O) groups excluding carboxylic acids is 2. The molecule has 5 nitrogen and oxygen atoms in total. The van der Waals surface area contributed by atoms with E-state index >= 15 is 0 Å². The predicted octanol–water partition coefficient (Wildman–Crippen LogP) is 2.41. The fourth-order valence-electron chi connectivity index (χ4n) is 2.23. The van der Waals surface area contributed by atoms with Crippen LogP contribution in [0.2, 0.25) is 0 Å². The molecule has 1 saturated heterocycles. The Labute approximate surface area is 139 Å². The molecule has 2 amide bonds. The van der Waals surface area contributed by atoms with Gasteiger partial charge in [-0.05, 0) is 12.3 Å². The minimum absolute atomic E-state index is 0.0581. The van der Waals surface area contributed by atoms with Crippen molar-refractivity contribution in [1.82, 2.24) is 15.2 Å². The zero-order valence-electron chi connectivity index (χ0n) is 13.5. The van der Waals surface area contributed by atoms with Crippen LogP contribution < -0.4 is 5.32 Å². The summed E-state index contributed by atoms with van der Waals surface area (Å²) in [5, 5.41) is 5.76. The topological polar surface area (TPSA) is 62.3 Å². The molecule has 1 aromatic rings. The first-order chi connectivity index (χ1) is 10.3. The fraction of sp³-hybridized carbons (Fsp3) is 0.667. The van der Waals surface area contributed by atoms with Gasteiger partial charge in [-0.2, -0.15) is 0 Å². The average molecular weight is 342 g/mol. The van der Waals surface area contributed by atoms with Crippen molar-refractivity contribution in [2.75, 3.05) is 11.6 Å². The van der Waals surface area contributed by atoms with Gasteiger partial charge < -0.3 is 10.2 Å². The number of carbonyl (C=O) groups is 2. The third kappa shape index (κ3) is 4.71. The van der Waals surface area contributed by atoms with Gasteiger partial charge in [0.25, 0.3) is 0 Å². The quantitative estimate of drug-likeness (QED) is 0.913. The monoisotopic (exact) mass is 341 g/mol. The first kappa shape index (κ1) is 17.3. The summed E-state index contributed by atoms with van der Waals surface area (Å²) in [6, 6.07) is -0.360. The summed E-state index contributed by atoms with van der Waals surface area (Å²) >= 11 is 3.17. The zero-order chi connectivity index (χ0) is 16.3. The second-order valence-electron chi connectivity index (χ2n) is 6.72. The largest absolute Gasteiger partial charge is 0.348 e. The molecule has 0 aliphatic carbocycles. The van der Waals surface area contributed by atoms with Crippen LogP contribution in [-0.4, -0.2) is 39.4 Å². The number of nitrogens with one attached hydrogen (secondary N) is 1. The van der Waals surface area contributed by atoms with Crippen molar-refractivity contribution in [1.29, 1.82) is 0 Å². The van der Waals surface area contributed by atoms with E-state index in [1.807, 2.05) is 33.1 Å². The average Bonchev–Trinajstić information content (AvgIpc) is 3.02. The molecule has 0 bridgehead atoms. The van der Waals surface area contributed by atoms with Crippen molar-refractivity contribution < 1.29 is 9.59 Å². The van der Waals surface area contributed by atoms with Gasteiger partial charge in [0.1, 0.15) is 11.0 Å². The van der Waals surface area contributed by atoms with Gasteiger partial charge in [-0.15, -0.1) is 23.1 Å². The molecule has 0 spiro atoms. The lowest BCUT2D eigenvalue weighted by atomic mass is 9.91. The number of amides is 2. The highest BCUT2D eigenvalue weighted by atomic mass is 32.2. The maximum atomic E-state index is 12.4.